The van der Waals surface area contributed by atoms with Crippen molar-refractivity contribution in [2.24, 2.45) is 0 Å². The minimum Gasteiger partial charge on any atom is -0.459 e. The molecule has 0 aliphatic carbocycles. The summed E-state index contributed by atoms with van der Waals surface area (Å²) in [4.78, 5) is 24.1. The number of nitrogens with one attached hydrogen (secondary N) is 2. The Hall–Kier alpha value is -3.62. The van der Waals surface area contributed by atoms with Crippen molar-refractivity contribution in [3.8, 4) is 0 Å². The number of alkyl halides is 3. The van der Waals surface area contributed by atoms with E-state index in [4.69, 9.17) is 4.42 Å². The molecule has 0 saturated carbocycles. The third-order valence-corrected chi connectivity index (χ3v) is 4.16. The summed E-state index contributed by atoms with van der Waals surface area (Å²) in [5.41, 5.74) is -0.955. The molecule has 0 radical (unpaired) electrons. The summed E-state index contributed by atoms with van der Waals surface area (Å²) >= 11 is 0. The second-order valence-electron chi connectivity index (χ2n) is 6.36. The zero-order chi connectivity index (χ0) is 21.7. The van der Waals surface area contributed by atoms with Gasteiger partial charge >= 0.3 is 6.18 Å². The molecule has 9 heteroatoms. The number of carbonyl (C=O) groups is 2. The van der Waals surface area contributed by atoms with Crippen molar-refractivity contribution in [1.82, 2.24) is 0 Å². The Labute approximate surface area is 168 Å². The van der Waals surface area contributed by atoms with Crippen molar-refractivity contribution < 1.29 is 31.6 Å². The number of hydrogen-bond acceptors (Lipinski definition) is 3. The topological polar surface area (TPSA) is 71.3 Å². The van der Waals surface area contributed by atoms with Gasteiger partial charge in [0.25, 0.3) is 5.91 Å². The van der Waals surface area contributed by atoms with E-state index in [0.717, 1.165) is 12.1 Å². The van der Waals surface area contributed by atoms with Crippen LogP contribution in [-0.2, 0) is 17.4 Å². The Morgan fingerprint density at radius 3 is 2.33 bits per heavy atom. The predicted octanol–water partition coefficient (Wildman–Crippen LogP) is 5.26. The highest BCUT2D eigenvalue weighted by atomic mass is 19.4. The fraction of sp³-hybridized carbons (Fsp3) is 0.143. The molecule has 2 N–H and O–H groups in total. The second-order valence-corrected chi connectivity index (χ2v) is 6.36. The van der Waals surface area contributed by atoms with Gasteiger partial charge in [0.1, 0.15) is 5.82 Å². The van der Waals surface area contributed by atoms with Crippen LogP contribution in [0.3, 0.4) is 0 Å². The molecule has 0 fully saturated rings. The van der Waals surface area contributed by atoms with Crippen molar-refractivity contribution in [2.45, 2.75) is 19.0 Å². The standard InChI is InChI=1S/C21H16F4N2O3/c22-14-6-3-13(4-7-14)5-10-19(28)27-17-9-8-15(12-16(17)21(23,24)25)26-20(29)18-2-1-11-30-18/h1-4,6-9,11-12H,5,10H2,(H,26,29)(H,27,28). The first-order valence-corrected chi connectivity index (χ1v) is 8.83. The van der Waals surface area contributed by atoms with Crippen LogP contribution in [0.15, 0.2) is 65.3 Å². The van der Waals surface area contributed by atoms with Gasteiger partial charge in [0.05, 0.1) is 17.5 Å². The molecule has 1 heterocycles. The van der Waals surface area contributed by atoms with Crippen LogP contribution in [0.4, 0.5) is 28.9 Å². The second kappa shape index (κ2) is 8.81. The first-order chi connectivity index (χ1) is 14.2. The molecule has 0 spiro atoms. The Morgan fingerprint density at radius 1 is 0.967 bits per heavy atom. The van der Waals surface area contributed by atoms with E-state index < -0.39 is 35.1 Å². The Kier molecular flexibility index (Phi) is 6.20. The smallest absolute Gasteiger partial charge is 0.418 e. The largest absolute Gasteiger partial charge is 0.459 e. The minimum absolute atomic E-state index is 0.0540. The minimum atomic E-state index is -4.76. The lowest BCUT2D eigenvalue weighted by Gasteiger charge is -2.15. The van der Waals surface area contributed by atoms with E-state index in [1.165, 1.54) is 48.7 Å². The van der Waals surface area contributed by atoms with Crippen LogP contribution in [0.25, 0.3) is 0 Å². The molecule has 0 unspecified atom stereocenters. The van der Waals surface area contributed by atoms with E-state index in [1.807, 2.05) is 0 Å². The summed E-state index contributed by atoms with van der Waals surface area (Å²) in [5.74, 6) is -1.81. The number of aryl methyl sites for hydroxylation is 1. The molecule has 30 heavy (non-hydrogen) atoms. The van der Waals surface area contributed by atoms with Gasteiger partial charge in [-0.25, -0.2) is 4.39 Å². The molecule has 0 saturated heterocycles. The molecular weight excluding hydrogens is 404 g/mol. The lowest BCUT2D eigenvalue weighted by atomic mass is 10.1. The van der Waals surface area contributed by atoms with Gasteiger partial charge in [-0.05, 0) is 54.4 Å². The van der Waals surface area contributed by atoms with Gasteiger partial charge in [0.2, 0.25) is 5.91 Å². The highest BCUT2D eigenvalue weighted by Crippen LogP contribution is 2.36. The van der Waals surface area contributed by atoms with Crippen LogP contribution in [0.1, 0.15) is 28.1 Å². The SMILES string of the molecule is O=C(CCc1ccc(F)cc1)Nc1ccc(NC(=O)c2ccco2)cc1C(F)(F)F. The lowest BCUT2D eigenvalue weighted by molar-refractivity contribution is -0.136. The van der Waals surface area contributed by atoms with Gasteiger partial charge in [0, 0.05) is 12.1 Å². The summed E-state index contributed by atoms with van der Waals surface area (Å²) < 4.78 is 58.2. The molecule has 2 amide bonds. The maximum absolute atomic E-state index is 13.5. The maximum atomic E-state index is 13.5. The molecule has 0 aliphatic heterocycles. The Bertz CT molecular complexity index is 1030. The van der Waals surface area contributed by atoms with Gasteiger partial charge in [-0.1, -0.05) is 12.1 Å². The van der Waals surface area contributed by atoms with Gasteiger partial charge < -0.3 is 15.1 Å². The number of carbonyl (C=O) groups excluding carboxylic acids is 2. The average Bonchev–Trinajstić information content (AvgIpc) is 3.23. The number of furan rings is 1. The number of amides is 2. The molecular formula is C21H16F4N2O3. The number of rotatable bonds is 6. The molecule has 156 valence electrons. The zero-order valence-electron chi connectivity index (χ0n) is 15.4. The van der Waals surface area contributed by atoms with Crippen LogP contribution in [-0.4, -0.2) is 11.8 Å². The van der Waals surface area contributed by atoms with Crippen LogP contribution in [0, 0.1) is 5.82 Å². The number of anilines is 2. The highest BCUT2D eigenvalue weighted by molar-refractivity contribution is 6.02. The van der Waals surface area contributed by atoms with Crippen LogP contribution in [0.5, 0.6) is 0 Å². The number of hydrogen-bond donors (Lipinski definition) is 2. The summed E-state index contributed by atoms with van der Waals surface area (Å²) in [6.45, 7) is 0. The molecule has 1 aromatic heterocycles. The number of benzene rings is 2. The average molecular weight is 420 g/mol. The molecule has 0 atom stereocenters. The van der Waals surface area contributed by atoms with Gasteiger partial charge in [-0.15, -0.1) is 0 Å². The highest BCUT2D eigenvalue weighted by Gasteiger charge is 2.34. The first-order valence-electron chi connectivity index (χ1n) is 8.83. The fourth-order valence-corrected chi connectivity index (χ4v) is 2.69. The Morgan fingerprint density at radius 2 is 1.70 bits per heavy atom. The van der Waals surface area contributed by atoms with E-state index in [1.54, 1.807) is 0 Å². The van der Waals surface area contributed by atoms with E-state index in [2.05, 4.69) is 10.6 Å². The van der Waals surface area contributed by atoms with E-state index in [0.29, 0.717) is 5.56 Å². The normalized spacial score (nSPS) is 11.2. The summed E-state index contributed by atoms with van der Waals surface area (Å²) in [5, 5.41) is 4.56. The molecule has 3 aromatic rings. The first kappa shape index (κ1) is 21.1. The van der Waals surface area contributed by atoms with Crippen molar-refractivity contribution in [1.29, 1.82) is 0 Å². The molecule has 0 aliphatic rings. The number of halogens is 4. The zero-order valence-corrected chi connectivity index (χ0v) is 15.4. The van der Waals surface area contributed by atoms with Crippen LogP contribution in [0.2, 0.25) is 0 Å². The third-order valence-electron chi connectivity index (χ3n) is 4.16. The summed E-state index contributed by atoms with van der Waals surface area (Å²) in [7, 11) is 0. The molecule has 5 nitrogen and oxygen atoms in total. The van der Waals surface area contributed by atoms with Crippen molar-refractivity contribution in [2.75, 3.05) is 10.6 Å². The van der Waals surface area contributed by atoms with Crippen molar-refractivity contribution >= 4 is 23.2 Å². The van der Waals surface area contributed by atoms with E-state index in [-0.39, 0.29) is 24.3 Å². The van der Waals surface area contributed by atoms with Gasteiger partial charge in [-0.3, -0.25) is 9.59 Å². The maximum Gasteiger partial charge on any atom is 0.418 e. The van der Waals surface area contributed by atoms with E-state index in [9.17, 15) is 27.2 Å². The monoisotopic (exact) mass is 420 g/mol. The Balaban J connectivity index is 1.71. The van der Waals surface area contributed by atoms with Gasteiger partial charge in [-0.2, -0.15) is 13.2 Å². The van der Waals surface area contributed by atoms with Crippen LogP contribution >= 0.6 is 0 Å². The van der Waals surface area contributed by atoms with E-state index >= 15 is 0 Å². The molecule has 3 rings (SSSR count). The third kappa shape index (κ3) is 5.47. The van der Waals surface area contributed by atoms with Crippen molar-refractivity contribution in [3.63, 3.8) is 0 Å². The lowest BCUT2D eigenvalue weighted by Crippen LogP contribution is -2.18. The quantitative estimate of drug-likeness (QED) is 0.535. The summed E-state index contributed by atoms with van der Waals surface area (Å²) in [6, 6.07) is 11.4. The van der Waals surface area contributed by atoms with Gasteiger partial charge in [0.15, 0.2) is 5.76 Å². The fourth-order valence-electron chi connectivity index (χ4n) is 2.69. The van der Waals surface area contributed by atoms with Crippen molar-refractivity contribution in [3.05, 3.63) is 83.6 Å². The predicted molar refractivity (Wildman–Crippen MR) is 101 cm³/mol. The van der Waals surface area contributed by atoms with Crippen LogP contribution < -0.4 is 10.6 Å². The summed E-state index contributed by atoms with van der Waals surface area (Å²) in [6.07, 6.45) is -3.34. The molecule has 2 aromatic carbocycles. The molecule has 0 bridgehead atoms.